The van der Waals surface area contributed by atoms with Crippen LogP contribution in [0, 0.1) is 11.3 Å². The van der Waals surface area contributed by atoms with Crippen LogP contribution in [0.1, 0.15) is 44.5 Å². The number of hydrogen-bond donors (Lipinski definition) is 0. The van der Waals surface area contributed by atoms with E-state index >= 15 is 0 Å². The molecule has 0 aliphatic carbocycles. The van der Waals surface area contributed by atoms with E-state index in [-0.39, 0.29) is 0 Å². The van der Waals surface area contributed by atoms with Gasteiger partial charge in [-0.2, -0.15) is 0 Å². The molecule has 0 N–H and O–H groups in total. The van der Waals surface area contributed by atoms with Crippen molar-refractivity contribution in [3.8, 4) is 11.5 Å². The van der Waals surface area contributed by atoms with Crippen LogP contribution in [0.2, 0.25) is 0 Å². The van der Waals surface area contributed by atoms with Crippen molar-refractivity contribution in [1.82, 2.24) is 0 Å². The first-order chi connectivity index (χ1) is 8.79. The van der Waals surface area contributed by atoms with Gasteiger partial charge in [0.2, 0.25) is 0 Å². The molecule has 2 nitrogen and oxygen atoms in total. The Morgan fingerprint density at radius 2 is 1.79 bits per heavy atom. The second kappa shape index (κ2) is 6.65. The third-order valence-corrected chi connectivity index (χ3v) is 4.68. The number of benzene rings is 1. The number of methoxy groups -OCH3 is 2. The molecule has 0 radical (unpaired) electrons. The molecule has 108 valence electrons. The largest absolute Gasteiger partial charge is 0.497 e. The summed E-state index contributed by atoms with van der Waals surface area (Å²) in [6, 6.07) is 5.99. The molecule has 19 heavy (non-hydrogen) atoms. The van der Waals surface area contributed by atoms with Gasteiger partial charge in [-0.3, -0.25) is 0 Å². The van der Waals surface area contributed by atoms with Crippen LogP contribution in [0.15, 0.2) is 18.2 Å². The Morgan fingerprint density at radius 1 is 1.16 bits per heavy atom. The molecule has 2 atom stereocenters. The number of alkyl halides is 1. The van der Waals surface area contributed by atoms with Gasteiger partial charge < -0.3 is 9.47 Å². The predicted molar refractivity (Wildman–Crippen MR) is 84.5 cm³/mol. The second-order valence-corrected chi connectivity index (χ2v) is 7.18. The fourth-order valence-corrected chi connectivity index (χ4v) is 2.81. The summed E-state index contributed by atoms with van der Waals surface area (Å²) in [4.78, 5) is 0.294. The van der Waals surface area contributed by atoms with Gasteiger partial charge in [0.05, 0.1) is 14.2 Å². The molecule has 1 aromatic carbocycles. The summed E-state index contributed by atoms with van der Waals surface area (Å²) in [6.07, 6.45) is 1.08. The molecule has 0 heterocycles. The SMILES string of the molecule is COc1ccc(C(Br)CC(C)C(C)(C)C)c(OC)c1. The highest BCUT2D eigenvalue weighted by molar-refractivity contribution is 9.09. The monoisotopic (exact) mass is 328 g/mol. The number of ether oxygens (including phenoxy) is 2. The Labute approximate surface area is 125 Å². The number of rotatable bonds is 5. The van der Waals surface area contributed by atoms with Crippen molar-refractivity contribution < 1.29 is 9.47 Å². The van der Waals surface area contributed by atoms with Crippen LogP contribution in [0.25, 0.3) is 0 Å². The van der Waals surface area contributed by atoms with Gasteiger partial charge in [-0.25, -0.2) is 0 Å². The van der Waals surface area contributed by atoms with Gasteiger partial charge in [-0.15, -0.1) is 0 Å². The molecule has 1 rings (SSSR count). The van der Waals surface area contributed by atoms with Crippen molar-refractivity contribution in [2.45, 2.75) is 38.9 Å². The molecule has 1 aromatic rings. The summed E-state index contributed by atoms with van der Waals surface area (Å²) in [5, 5.41) is 0. The van der Waals surface area contributed by atoms with Gasteiger partial charge in [-0.05, 0) is 23.8 Å². The molecule has 2 unspecified atom stereocenters. The van der Waals surface area contributed by atoms with Crippen molar-refractivity contribution in [2.75, 3.05) is 14.2 Å². The second-order valence-electron chi connectivity index (χ2n) is 6.08. The van der Waals surface area contributed by atoms with Crippen molar-refractivity contribution >= 4 is 15.9 Å². The van der Waals surface area contributed by atoms with Gasteiger partial charge in [0, 0.05) is 16.5 Å². The van der Waals surface area contributed by atoms with Gasteiger partial charge in [0.15, 0.2) is 0 Å². The predicted octanol–water partition coefficient (Wildman–Crippen LogP) is 5.21. The van der Waals surface area contributed by atoms with Crippen LogP contribution < -0.4 is 9.47 Å². The highest BCUT2D eigenvalue weighted by Crippen LogP contribution is 2.41. The summed E-state index contributed by atoms with van der Waals surface area (Å²) in [6.45, 7) is 9.14. The van der Waals surface area contributed by atoms with Gasteiger partial charge >= 0.3 is 0 Å². The van der Waals surface area contributed by atoms with E-state index in [2.05, 4.69) is 49.7 Å². The highest BCUT2D eigenvalue weighted by atomic mass is 79.9. The van der Waals surface area contributed by atoms with Crippen molar-refractivity contribution in [1.29, 1.82) is 0 Å². The van der Waals surface area contributed by atoms with Crippen LogP contribution >= 0.6 is 15.9 Å². The Bertz CT molecular complexity index is 410. The summed E-state index contributed by atoms with van der Waals surface area (Å²) in [5.74, 6) is 2.31. The van der Waals surface area contributed by atoms with Crippen LogP contribution in [0.5, 0.6) is 11.5 Å². The van der Waals surface area contributed by atoms with Crippen LogP contribution in [0.4, 0.5) is 0 Å². The molecule has 0 aliphatic rings. The standard InChI is InChI=1S/C16H25BrO2/c1-11(16(2,3)4)9-14(17)13-8-7-12(18-5)10-15(13)19-6/h7-8,10-11,14H,9H2,1-6H3. The minimum atomic E-state index is 0.294. The quantitative estimate of drug-likeness (QED) is 0.690. The molecule has 0 aromatic heterocycles. The van der Waals surface area contributed by atoms with Crippen LogP contribution in [0.3, 0.4) is 0 Å². The maximum Gasteiger partial charge on any atom is 0.126 e. The van der Waals surface area contributed by atoms with Crippen molar-refractivity contribution in [3.05, 3.63) is 23.8 Å². The summed E-state index contributed by atoms with van der Waals surface area (Å²) in [5.41, 5.74) is 1.49. The fraction of sp³-hybridized carbons (Fsp3) is 0.625. The first kappa shape index (κ1) is 16.4. The Hall–Kier alpha value is -0.700. The van der Waals surface area contributed by atoms with E-state index in [4.69, 9.17) is 9.47 Å². The van der Waals surface area contributed by atoms with Crippen LogP contribution in [-0.4, -0.2) is 14.2 Å². The van der Waals surface area contributed by atoms with E-state index in [9.17, 15) is 0 Å². The maximum absolute atomic E-state index is 5.47. The van der Waals surface area contributed by atoms with E-state index < -0.39 is 0 Å². The van der Waals surface area contributed by atoms with Crippen LogP contribution in [-0.2, 0) is 0 Å². The van der Waals surface area contributed by atoms with E-state index in [1.165, 1.54) is 5.56 Å². The van der Waals surface area contributed by atoms with Crippen molar-refractivity contribution in [2.24, 2.45) is 11.3 Å². The molecule has 0 saturated heterocycles. The lowest BCUT2D eigenvalue weighted by atomic mass is 9.79. The lowest BCUT2D eigenvalue weighted by molar-refractivity contribution is 0.246. The molecular weight excluding hydrogens is 304 g/mol. The molecule has 3 heteroatoms. The Morgan fingerprint density at radius 3 is 2.26 bits per heavy atom. The van der Waals surface area contributed by atoms with E-state index in [1.54, 1.807) is 14.2 Å². The van der Waals surface area contributed by atoms with Gasteiger partial charge in [0.25, 0.3) is 0 Å². The summed E-state index contributed by atoms with van der Waals surface area (Å²) in [7, 11) is 3.37. The molecule has 0 bridgehead atoms. The molecular formula is C16H25BrO2. The molecule has 0 fully saturated rings. The zero-order valence-electron chi connectivity index (χ0n) is 12.8. The average Bonchev–Trinajstić information content (AvgIpc) is 2.36. The number of hydrogen-bond acceptors (Lipinski definition) is 2. The first-order valence-corrected chi connectivity index (χ1v) is 7.57. The van der Waals surface area contributed by atoms with E-state index in [0.717, 1.165) is 17.9 Å². The lowest BCUT2D eigenvalue weighted by Crippen LogP contribution is -2.18. The number of halogens is 1. The minimum Gasteiger partial charge on any atom is -0.497 e. The van der Waals surface area contributed by atoms with E-state index in [1.807, 2.05) is 12.1 Å². The zero-order valence-corrected chi connectivity index (χ0v) is 14.4. The van der Waals surface area contributed by atoms with E-state index in [0.29, 0.717) is 16.2 Å². The smallest absolute Gasteiger partial charge is 0.126 e. The molecule has 0 spiro atoms. The summed E-state index contributed by atoms with van der Waals surface area (Å²) < 4.78 is 10.7. The molecule has 0 saturated carbocycles. The third kappa shape index (κ3) is 4.41. The fourth-order valence-electron chi connectivity index (χ4n) is 1.87. The average molecular weight is 329 g/mol. The third-order valence-electron chi connectivity index (χ3n) is 3.82. The van der Waals surface area contributed by atoms with Gasteiger partial charge in [-0.1, -0.05) is 49.7 Å². The molecule has 0 aliphatic heterocycles. The Balaban J connectivity index is 2.90. The molecule has 0 amide bonds. The summed E-state index contributed by atoms with van der Waals surface area (Å²) >= 11 is 3.80. The van der Waals surface area contributed by atoms with Gasteiger partial charge in [0.1, 0.15) is 11.5 Å². The zero-order chi connectivity index (χ0) is 14.6. The minimum absolute atomic E-state index is 0.294. The lowest BCUT2D eigenvalue weighted by Gasteiger charge is -2.29. The normalized spacial score (nSPS) is 14.9. The van der Waals surface area contributed by atoms with Crippen molar-refractivity contribution in [3.63, 3.8) is 0 Å². The first-order valence-electron chi connectivity index (χ1n) is 6.65. The highest BCUT2D eigenvalue weighted by Gasteiger charge is 2.24. The maximum atomic E-state index is 5.47. The topological polar surface area (TPSA) is 18.5 Å². The Kier molecular flexibility index (Phi) is 5.72.